The van der Waals surface area contributed by atoms with Gasteiger partial charge >= 0.3 is 87.2 Å². The summed E-state index contributed by atoms with van der Waals surface area (Å²) in [4.78, 5) is 197. The van der Waals surface area contributed by atoms with Crippen molar-refractivity contribution in [3.8, 4) is 0 Å². The number of carbonyl (C=O) groups is 17. The molecule has 1 fully saturated rings. The van der Waals surface area contributed by atoms with Crippen molar-refractivity contribution in [2.24, 2.45) is 0 Å². The third-order valence-electron chi connectivity index (χ3n) is 13.0. The number of carboxylic acid groups (broad SMARTS) is 1. The Morgan fingerprint density at radius 2 is 0.733 bits per heavy atom. The van der Waals surface area contributed by atoms with Gasteiger partial charge in [0.1, 0.15) is 53.9 Å². The monoisotopic (exact) mass is 1900 g/mol. The second-order valence-electron chi connectivity index (χ2n) is 28.6. The van der Waals surface area contributed by atoms with Crippen molar-refractivity contribution in [3.63, 3.8) is 0 Å². The maximum absolute atomic E-state index is 11.8. The molecule has 0 bridgehead atoms. The molecule has 120 heavy (non-hydrogen) atoms. The predicted molar refractivity (Wildman–Crippen MR) is 430 cm³/mol. The van der Waals surface area contributed by atoms with Gasteiger partial charge in [0.15, 0.2) is 11.6 Å². The van der Waals surface area contributed by atoms with E-state index in [1.807, 2.05) is 48.5 Å². The molecule has 680 valence electrons. The number of halogens is 1. The standard InChI is InChI=1S/C13H15N3O8S.C13H20N2O6S.C10H21NO4S.C9H12N2O6S.C9H19NO2.C6H11BrO2.C5H4O2.C4H10.CH2O3.K.HNS/c1-25(22,23)14(6-7-15-9(17)2-3-10(15)18)8-13(21)24-16-11(19)4-5-12(16)20;1-13(2,3)21-12(18)9-14(22(4,19)20)7-8-15-10(16)5-6-11(15)17;1-6-7-11(16(5,13)14)8-9(12)15-10(2,3)4;1-18(16,17)10(6-9(14)15)4-5-11-7(12)2-3-8(11)13;1-5-6-10-7-8(11)12-9(2,3)4;1-6(2,3)9-5(8)4-7;6-4-1-2-5(7)3-4;1-3-4-2;2-1-4-3;;1-2/h2-3H,4-8H2,1H3;5-6H,7-9H2,1-4H3;6-8H2,1-5H3;2-3H,4-6H2,1H3,(H,14,15);10H,5-7H2,1-4H3;4H2,1-3H3;1-2H,3H2;3-4H2,1-2H3;1,3H;;1H/q;;;;;;;;;+1;/p-1. The summed E-state index contributed by atoms with van der Waals surface area (Å²) in [6, 6.07) is 0. The van der Waals surface area contributed by atoms with Crippen molar-refractivity contribution in [3.05, 3.63) is 48.6 Å². The Morgan fingerprint density at radius 1 is 0.467 bits per heavy atom. The molecule has 0 unspecified atom stereocenters. The second-order valence-corrected chi connectivity index (χ2v) is 37.1. The third-order valence-corrected chi connectivity index (χ3v) is 18.5. The van der Waals surface area contributed by atoms with Gasteiger partial charge in [-0.2, -0.15) is 17.2 Å². The van der Waals surface area contributed by atoms with Gasteiger partial charge in [0, 0.05) is 108 Å². The summed E-state index contributed by atoms with van der Waals surface area (Å²) in [5.41, 5.74) is -2.05. The average molecular weight is 1900 g/mol. The quantitative estimate of drug-likeness (QED) is 0.00604. The first-order valence-corrected chi connectivity index (χ1v) is 44.7. The summed E-state index contributed by atoms with van der Waals surface area (Å²) in [6.45, 7) is 27.5. The van der Waals surface area contributed by atoms with E-state index in [0.29, 0.717) is 33.2 Å². The van der Waals surface area contributed by atoms with Crippen LogP contribution in [0.2, 0.25) is 0 Å². The molecule has 5 aliphatic rings. The Morgan fingerprint density at radius 3 is 0.950 bits per heavy atom. The van der Waals surface area contributed by atoms with Crippen LogP contribution in [-0.4, -0.2) is 315 Å². The fourth-order valence-electron chi connectivity index (χ4n) is 8.00. The van der Waals surface area contributed by atoms with E-state index in [1.54, 1.807) is 41.5 Å². The van der Waals surface area contributed by atoms with Gasteiger partial charge in [0.05, 0.1) is 38.0 Å². The molecule has 1 saturated heterocycles. The van der Waals surface area contributed by atoms with Crippen molar-refractivity contribution < 1.29 is 206 Å². The maximum Gasteiger partial charge on any atom is 1.00 e. The molecule has 0 saturated carbocycles. The van der Waals surface area contributed by atoms with Gasteiger partial charge in [0.2, 0.25) is 40.1 Å². The summed E-state index contributed by atoms with van der Waals surface area (Å²) >= 11 is 6.33. The summed E-state index contributed by atoms with van der Waals surface area (Å²) in [5, 5.41) is 20.6. The van der Waals surface area contributed by atoms with Crippen LogP contribution in [0, 0.1) is 4.78 Å². The molecule has 1 aliphatic carbocycles. The molecule has 4 aliphatic heterocycles. The summed E-state index contributed by atoms with van der Waals surface area (Å²) in [7, 11) is -14.6. The van der Waals surface area contributed by atoms with E-state index in [1.165, 1.54) is 25.0 Å². The van der Waals surface area contributed by atoms with Crippen molar-refractivity contribution >= 4 is 170 Å². The largest absolute Gasteiger partial charge is 1.00 e. The fraction of sp³-hybridized carbons (Fsp3) is 0.643. The number of alkyl halides is 1. The average Bonchev–Trinajstić information content (AvgIpc) is 1.62. The molecule has 3 N–H and O–H groups in total. The maximum atomic E-state index is 11.8. The van der Waals surface area contributed by atoms with Gasteiger partial charge in [-0.15, -0.1) is 5.06 Å². The zero-order valence-electron chi connectivity index (χ0n) is 71.6. The Bertz CT molecular complexity index is 3970. The van der Waals surface area contributed by atoms with Gasteiger partial charge in [-0.05, 0) is 115 Å². The molecule has 0 radical (unpaired) electrons. The molecule has 0 atom stereocenters. The third kappa shape index (κ3) is 63.7. The van der Waals surface area contributed by atoms with E-state index in [2.05, 4.69) is 64.2 Å². The molecule has 0 spiro atoms. The SMILES string of the molecule is CC(C)(C)OC(=O)CBr.CC(C)(C)OC(=O)CN(CCN1C(=O)C=CC1=O)S(C)(=O)=O.CCCC.CCCN(CC(=O)OC(C)(C)C)S(C)(=O)=O.CCCNCC(=O)OC(C)(C)C.CS(=O)(=O)N(CCN1C(=O)C=CC1=O)CC(=O)O.CS(=O)(=O)N(CCN1C(=O)C=CC1=O)CC(=O)ON1C(=O)CCC1=O.N=S.O=C1C=CC(=O)C1.O=CO[O-].[K+]. The van der Waals surface area contributed by atoms with Gasteiger partial charge < -0.3 is 44.4 Å². The molecule has 5 rings (SSSR count). The van der Waals surface area contributed by atoms with E-state index >= 15 is 0 Å². The molecular formula is C70H114BrKN10O33S5. The second kappa shape index (κ2) is 61.2. The van der Waals surface area contributed by atoms with Gasteiger partial charge in [-0.25, -0.2) is 43.2 Å². The number of carbonyl (C=O) groups excluding carboxylic acids is 16. The molecule has 0 aromatic rings. The number of imide groups is 4. The normalized spacial score (nSPS) is 14.2. The number of unbranched alkanes of at least 4 members (excludes halogenated alkanes) is 1. The number of amides is 8. The van der Waals surface area contributed by atoms with Crippen LogP contribution in [-0.2, 0) is 163 Å². The van der Waals surface area contributed by atoms with E-state index in [0.717, 1.165) is 97.8 Å². The van der Waals surface area contributed by atoms with Crippen LogP contribution in [0.5, 0.6) is 0 Å². The van der Waals surface area contributed by atoms with Crippen LogP contribution in [0.15, 0.2) is 48.6 Å². The molecule has 0 aromatic carbocycles. The summed E-state index contributed by atoms with van der Waals surface area (Å²) in [5.74, 6) is -8.87. The van der Waals surface area contributed by atoms with E-state index in [9.17, 15) is 110 Å². The van der Waals surface area contributed by atoms with Crippen LogP contribution >= 0.6 is 15.9 Å². The Balaban J connectivity index is -0.000000318. The molecular weight excluding hydrogens is 1790 g/mol. The molecule has 0 aromatic heterocycles. The van der Waals surface area contributed by atoms with E-state index in [4.69, 9.17) is 38.9 Å². The number of nitrogens with zero attached hydrogens (tertiary/aromatic N) is 8. The summed E-state index contributed by atoms with van der Waals surface area (Å²) in [6.07, 6.45) is 17.1. The van der Waals surface area contributed by atoms with Crippen molar-refractivity contribution in [1.29, 1.82) is 4.78 Å². The van der Waals surface area contributed by atoms with Gasteiger partial charge in [-0.1, -0.05) is 56.5 Å². The Hall–Kier alpha value is -7.15. The van der Waals surface area contributed by atoms with Crippen molar-refractivity contribution in [2.75, 3.05) is 115 Å². The van der Waals surface area contributed by atoms with Gasteiger partial charge in [-0.3, -0.25) is 91.4 Å². The fourth-order valence-corrected chi connectivity index (χ4v) is 11.2. The first-order valence-electron chi connectivity index (χ1n) is 35.8. The summed E-state index contributed by atoms with van der Waals surface area (Å²) < 4.78 is 121. The number of sulfonamides is 4. The number of hydrogen-bond acceptors (Lipinski definition) is 35. The van der Waals surface area contributed by atoms with Gasteiger partial charge in [0.25, 0.3) is 53.7 Å². The number of allylic oxidation sites excluding steroid dienone is 2. The minimum atomic E-state index is -3.87. The van der Waals surface area contributed by atoms with Crippen molar-refractivity contribution in [2.45, 2.75) is 178 Å². The van der Waals surface area contributed by atoms with E-state index < -0.39 is 142 Å². The van der Waals surface area contributed by atoms with Crippen LogP contribution < -0.4 is 62.0 Å². The number of esters is 4. The van der Waals surface area contributed by atoms with Crippen LogP contribution in [0.4, 0.5) is 0 Å². The number of hydrogen-bond donors (Lipinski definition) is 3. The number of carboxylic acids is 1. The first kappa shape index (κ1) is 124. The predicted octanol–water partition coefficient (Wildman–Crippen LogP) is -2.77. The zero-order chi connectivity index (χ0) is 94.0. The Kier molecular flexibility index (Phi) is 63.1. The number of ether oxygens (including phenoxy) is 4. The number of rotatable bonds is 31. The molecule has 4 heterocycles. The minimum Gasteiger partial charge on any atom is -0.662 e. The smallest absolute Gasteiger partial charge is 0.662 e. The first-order chi connectivity index (χ1) is 54.3. The zero-order valence-corrected chi connectivity index (χ0v) is 80.3. The minimum absolute atomic E-state index is 0. The van der Waals surface area contributed by atoms with Crippen molar-refractivity contribution in [1.82, 2.24) is 42.3 Å². The molecule has 8 amide bonds. The number of ketones is 2. The number of aliphatic carboxylic acids is 1. The van der Waals surface area contributed by atoms with Crippen LogP contribution in [0.1, 0.15) is 156 Å². The van der Waals surface area contributed by atoms with Crippen LogP contribution in [0.25, 0.3) is 0 Å². The number of nitrogens with one attached hydrogen (secondary N) is 2. The topological polar surface area (TPSA) is 587 Å². The van der Waals surface area contributed by atoms with E-state index in [-0.39, 0.29) is 163 Å². The molecule has 43 nitrogen and oxygen atoms in total. The Labute approximate surface area is 757 Å². The molecule has 50 heteroatoms. The number of hydroxylamine groups is 2. The van der Waals surface area contributed by atoms with Crippen LogP contribution in [0.3, 0.4) is 0 Å².